The number of carbonyl (C=O) groups is 2. The summed E-state index contributed by atoms with van der Waals surface area (Å²) in [7, 11) is 1.66. The molecule has 2 aromatic carbocycles. The number of benzene rings is 2. The van der Waals surface area contributed by atoms with E-state index in [1.807, 2.05) is 47.4 Å². The largest absolute Gasteiger partial charge is 0.497 e. The SMILES string of the molecule is COc1ccc(C(NCC(=O)N2CCN(C(=O)Nc3ccccc3)CC2)C2CC2)cc1. The lowest BCUT2D eigenvalue weighted by Gasteiger charge is -2.35. The minimum atomic E-state index is -0.121. The summed E-state index contributed by atoms with van der Waals surface area (Å²) in [5.74, 6) is 1.51. The summed E-state index contributed by atoms with van der Waals surface area (Å²) in [5.41, 5.74) is 1.97. The first-order valence-electron chi connectivity index (χ1n) is 10.9. The number of para-hydroxylation sites is 1. The number of methoxy groups -OCH3 is 1. The number of carbonyl (C=O) groups excluding carboxylic acids is 2. The second-order valence-electron chi connectivity index (χ2n) is 8.13. The second-order valence-corrected chi connectivity index (χ2v) is 8.13. The van der Waals surface area contributed by atoms with Crippen LogP contribution in [-0.2, 0) is 4.79 Å². The smallest absolute Gasteiger partial charge is 0.321 e. The van der Waals surface area contributed by atoms with Crippen LogP contribution in [0.2, 0.25) is 0 Å². The number of urea groups is 1. The highest BCUT2D eigenvalue weighted by Crippen LogP contribution is 2.41. The van der Waals surface area contributed by atoms with Crippen LogP contribution in [-0.4, -0.2) is 61.6 Å². The van der Waals surface area contributed by atoms with Crippen LogP contribution in [0.15, 0.2) is 54.6 Å². The van der Waals surface area contributed by atoms with Gasteiger partial charge in [-0.3, -0.25) is 4.79 Å². The molecular weight excluding hydrogens is 392 g/mol. The average molecular weight is 423 g/mol. The molecule has 7 heteroatoms. The first-order chi connectivity index (χ1) is 15.1. The van der Waals surface area contributed by atoms with Crippen molar-refractivity contribution in [3.8, 4) is 5.75 Å². The summed E-state index contributed by atoms with van der Waals surface area (Å²) in [5, 5.41) is 6.38. The highest BCUT2D eigenvalue weighted by atomic mass is 16.5. The topological polar surface area (TPSA) is 73.9 Å². The normalized spacial score (nSPS) is 17.2. The maximum atomic E-state index is 12.8. The van der Waals surface area contributed by atoms with E-state index in [0.29, 0.717) is 38.6 Å². The van der Waals surface area contributed by atoms with Crippen molar-refractivity contribution in [1.82, 2.24) is 15.1 Å². The molecule has 2 aliphatic rings. The predicted octanol–water partition coefficient (Wildman–Crippen LogP) is 3.11. The fourth-order valence-corrected chi connectivity index (χ4v) is 3.99. The molecule has 164 valence electrons. The van der Waals surface area contributed by atoms with Gasteiger partial charge in [0.05, 0.1) is 13.7 Å². The van der Waals surface area contributed by atoms with Crippen molar-refractivity contribution in [2.24, 2.45) is 5.92 Å². The van der Waals surface area contributed by atoms with Gasteiger partial charge in [0.1, 0.15) is 5.75 Å². The van der Waals surface area contributed by atoms with E-state index < -0.39 is 0 Å². The lowest BCUT2D eigenvalue weighted by atomic mass is 10.0. The van der Waals surface area contributed by atoms with E-state index in [-0.39, 0.29) is 18.0 Å². The molecule has 2 N–H and O–H groups in total. The van der Waals surface area contributed by atoms with Crippen molar-refractivity contribution in [2.75, 3.05) is 45.2 Å². The molecule has 1 unspecified atom stereocenters. The van der Waals surface area contributed by atoms with Gasteiger partial charge in [0.15, 0.2) is 0 Å². The first-order valence-corrected chi connectivity index (χ1v) is 10.9. The van der Waals surface area contributed by atoms with Gasteiger partial charge in [0.2, 0.25) is 5.91 Å². The number of hydrogen-bond acceptors (Lipinski definition) is 4. The maximum Gasteiger partial charge on any atom is 0.321 e. The van der Waals surface area contributed by atoms with Gasteiger partial charge in [-0.1, -0.05) is 30.3 Å². The molecule has 2 fully saturated rings. The van der Waals surface area contributed by atoms with Crippen molar-refractivity contribution >= 4 is 17.6 Å². The first kappa shape index (κ1) is 21.2. The van der Waals surface area contributed by atoms with Gasteiger partial charge in [0.25, 0.3) is 0 Å². The molecule has 3 amide bonds. The summed E-state index contributed by atoms with van der Waals surface area (Å²) >= 11 is 0. The van der Waals surface area contributed by atoms with Crippen LogP contribution in [0, 0.1) is 5.92 Å². The number of piperazine rings is 1. The number of rotatable bonds is 7. The Morgan fingerprint density at radius 2 is 1.61 bits per heavy atom. The van der Waals surface area contributed by atoms with Crippen molar-refractivity contribution in [3.63, 3.8) is 0 Å². The van der Waals surface area contributed by atoms with Gasteiger partial charge in [-0.2, -0.15) is 0 Å². The van der Waals surface area contributed by atoms with Gasteiger partial charge in [-0.15, -0.1) is 0 Å². The molecule has 0 spiro atoms. The third kappa shape index (κ3) is 5.55. The Bertz CT molecular complexity index is 875. The molecule has 1 saturated carbocycles. The summed E-state index contributed by atoms with van der Waals surface area (Å²) in [6, 6.07) is 17.6. The molecule has 31 heavy (non-hydrogen) atoms. The molecule has 0 aromatic heterocycles. The van der Waals surface area contributed by atoms with Crippen LogP contribution in [0.5, 0.6) is 5.75 Å². The standard InChI is InChI=1S/C24H30N4O3/c1-31-21-11-9-19(10-12-21)23(18-7-8-18)25-17-22(29)27-13-15-28(16-14-27)24(30)26-20-5-3-2-4-6-20/h2-6,9-12,18,23,25H,7-8,13-17H2,1H3,(H,26,30). The Hall–Kier alpha value is -3.06. The molecule has 1 saturated heterocycles. The Morgan fingerprint density at radius 1 is 0.968 bits per heavy atom. The summed E-state index contributed by atoms with van der Waals surface area (Å²) < 4.78 is 5.25. The number of hydrogen-bond donors (Lipinski definition) is 2. The lowest BCUT2D eigenvalue weighted by molar-refractivity contribution is -0.131. The van der Waals surface area contributed by atoms with E-state index in [1.165, 1.54) is 18.4 Å². The van der Waals surface area contributed by atoms with Crippen LogP contribution in [0.1, 0.15) is 24.4 Å². The molecule has 1 aliphatic heterocycles. The minimum Gasteiger partial charge on any atom is -0.497 e. The Kier molecular flexibility index (Phi) is 6.72. The fraction of sp³-hybridized carbons (Fsp3) is 0.417. The zero-order valence-corrected chi connectivity index (χ0v) is 17.9. The van der Waals surface area contributed by atoms with Crippen molar-refractivity contribution in [3.05, 3.63) is 60.2 Å². The molecule has 0 bridgehead atoms. The summed E-state index contributed by atoms with van der Waals surface area (Å²) in [4.78, 5) is 28.8. The molecule has 7 nitrogen and oxygen atoms in total. The van der Waals surface area contributed by atoms with Crippen LogP contribution in [0.4, 0.5) is 10.5 Å². The Balaban J connectivity index is 1.25. The van der Waals surface area contributed by atoms with Crippen molar-refractivity contribution in [2.45, 2.75) is 18.9 Å². The third-order valence-corrected chi connectivity index (χ3v) is 5.99. The quantitative estimate of drug-likeness (QED) is 0.719. The predicted molar refractivity (Wildman–Crippen MR) is 120 cm³/mol. The molecule has 0 radical (unpaired) electrons. The van der Waals surface area contributed by atoms with Crippen molar-refractivity contribution < 1.29 is 14.3 Å². The van der Waals surface area contributed by atoms with Crippen LogP contribution in [0.3, 0.4) is 0 Å². The third-order valence-electron chi connectivity index (χ3n) is 5.99. The molecular formula is C24H30N4O3. The summed E-state index contributed by atoms with van der Waals surface area (Å²) in [6.07, 6.45) is 2.38. The monoisotopic (exact) mass is 422 g/mol. The zero-order valence-electron chi connectivity index (χ0n) is 17.9. The number of ether oxygens (including phenoxy) is 1. The van der Waals surface area contributed by atoms with Crippen LogP contribution < -0.4 is 15.4 Å². The van der Waals surface area contributed by atoms with E-state index in [0.717, 1.165) is 11.4 Å². The average Bonchev–Trinajstić information content (AvgIpc) is 3.65. The van der Waals surface area contributed by atoms with Gasteiger partial charge >= 0.3 is 6.03 Å². The second kappa shape index (κ2) is 9.83. The zero-order chi connectivity index (χ0) is 21.6. The van der Waals surface area contributed by atoms with E-state index >= 15 is 0 Å². The number of anilines is 1. The van der Waals surface area contributed by atoms with E-state index in [9.17, 15) is 9.59 Å². The molecule has 2 aromatic rings. The maximum absolute atomic E-state index is 12.8. The number of nitrogens with zero attached hydrogens (tertiary/aromatic N) is 2. The van der Waals surface area contributed by atoms with E-state index in [1.54, 1.807) is 12.0 Å². The molecule has 4 rings (SSSR count). The van der Waals surface area contributed by atoms with Gasteiger partial charge in [-0.05, 0) is 48.6 Å². The highest BCUT2D eigenvalue weighted by molar-refractivity contribution is 5.89. The van der Waals surface area contributed by atoms with Crippen LogP contribution >= 0.6 is 0 Å². The highest BCUT2D eigenvalue weighted by Gasteiger charge is 2.33. The van der Waals surface area contributed by atoms with Gasteiger partial charge in [0, 0.05) is 37.9 Å². The van der Waals surface area contributed by atoms with E-state index in [2.05, 4.69) is 22.8 Å². The van der Waals surface area contributed by atoms with E-state index in [4.69, 9.17) is 4.74 Å². The number of nitrogens with one attached hydrogen (secondary N) is 2. The van der Waals surface area contributed by atoms with Gasteiger partial charge < -0.3 is 25.2 Å². The Morgan fingerprint density at radius 3 is 2.23 bits per heavy atom. The summed E-state index contributed by atoms with van der Waals surface area (Å²) in [6.45, 7) is 2.49. The number of amides is 3. The Labute approximate surface area is 183 Å². The van der Waals surface area contributed by atoms with Crippen molar-refractivity contribution in [1.29, 1.82) is 0 Å². The van der Waals surface area contributed by atoms with Gasteiger partial charge in [-0.25, -0.2) is 4.79 Å². The minimum absolute atomic E-state index is 0.0854. The fourth-order valence-electron chi connectivity index (χ4n) is 3.99. The molecule has 1 heterocycles. The van der Waals surface area contributed by atoms with Crippen LogP contribution in [0.25, 0.3) is 0 Å². The molecule has 1 atom stereocenters. The lowest BCUT2D eigenvalue weighted by Crippen LogP contribution is -2.53. The molecule has 1 aliphatic carbocycles.